The Morgan fingerprint density at radius 2 is 1.14 bits per heavy atom. The standard InChI is InChI=1S/C14H16N4S4/c1-17-13(19-3)21-11(15-17)9-5-7-10(8-6-9)12-16-18(2)14(20-4)22-12/h5-8H,1-4H3/q+2. The summed E-state index contributed by atoms with van der Waals surface area (Å²) in [6.45, 7) is 0. The summed E-state index contributed by atoms with van der Waals surface area (Å²) < 4.78 is 6.28. The summed E-state index contributed by atoms with van der Waals surface area (Å²) in [6.07, 6.45) is 4.15. The van der Waals surface area contributed by atoms with Gasteiger partial charge in [-0.1, -0.05) is 33.6 Å². The van der Waals surface area contributed by atoms with Gasteiger partial charge >= 0.3 is 8.68 Å². The van der Waals surface area contributed by atoms with Gasteiger partial charge in [-0.05, 0) is 58.7 Å². The second-order valence-corrected chi connectivity index (χ2v) is 8.64. The molecule has 0 spiro atoms. The molecule has 0 saturated heterocycles. The first-order valence-corrected chi connectivity index (χ1v) is 10.6. The summed E-state index contributed by atoms with van der Waals surface area (Å²) in [6, 6.07) is 8.49. The zero-order chi connectivity index (χ0) is 15.7. The van der Waals surface area contributed by atoms with Crippen LogP contribution in [-0.2, 0) is 14.1 Å². The average Bonchev–Trinajstić information content (AvgIpc) is 3.10. The quantitative estimate of drug-likeness (QED) is 0.524. The smallest absolute Gasteiger partial charge is 0.0691 e. The highest BCUT2D eigenvalue weighted by Crippen LogP contribution is 2.31. The van der Waals surface area contributed by atoms with Crippen LogP contribution in [0.3, 0.4) is 0 Å². The molecule has 0 amide bonds. The fourth-order valence-corrected chi connectivity index (χ4v) is 5.29. The van der Waals surface area contributed by atoms with Crippen molar-refractivity contribution in [3.05, 3.63) is 24.3 Å². The minimum Gasteiger partial charge on any atom is -0.0691 e. The molecule has 0 aliphatic carbocycles. The van der Waals surface area contributed by atoms with Gasteiger partial charge in [-0.25, -0.2) is 0 Å². The van der Waals surface area contributed by atoms with Crippen molar-refractivity contribution in [1.82, 2.24) is 10.2 Å². The van der Waals surface area contributed by atoms with E-state index < -0.39 is 0 Å². The van der Waals surface area contributed by atoms with Crippen LogP contribution in [0.2, 0.25) is 0 Å². The summed E-state index contributed by atoms with van der Waals surface area (Å²) >= 11 is 6.88. The summed E-state index contributed by atoms with van der Waals surface area (Å²) in [4.78, 5) is 0. The number of nitrogens with zero attached hydrogens (tertiary/aromatic N) is 4. The van der Waals surface area contributed by atoms with Crippen molar-refractivity contribution in [2.45, 2.75) is 8.68 Å². The van der Waals surface area contributed by atoms with Crippen molar-refractivity contribution in [3.63, 3.8) is 0 Å². The van der Waals surface area contributed by atoms with Crippen molar-refractivity contribution in [2.24, 2.45) is 14.1 Å². The first kappa shape index (κ1) is 15.9. The van der Waals surface area contributed by atoms with Gasteiger partial charge in [-0.15, -0.1) is 0 Å². The molecule has 0 fully saturated rings. The lowest BCUT2D eigenvalue weighted by Gasteiger charge is -1.95. The lowest BCUT2D eigenvalue weighted by Crippen LogP contribution is -2.31. The topological polar surface area (TPSA) is 33.5 Å². The molecular formula is C14H16N4S4+2. The molecule has 22 heavy (non-hydrogen) atoms. The van der Waals surface area contributed by atoms with E-state index in [4.69, 9.17) is 0 Å². The minimum atomic E-state index is 1.05. The zero-order valence-corrected chi connectivity index (χ0v) is 16.0. The summed E-state index contributed by atoms with van der Waals surface area (Å²) in [7, 11) is 3.97. The maximum Gasteiger partial charge on any atom is 0.324 e. The molecule has 0 bridgehead atoms. The van der Waals surface area contributed by atoms with Gasteiger partial charge in [0.2, 0.25) is 0 Å². The SMILES string of the molecule is CSc1sc(-c2ccc(-c3n[n+](C)c(SC)s3)cc2)n[n+]1C. The molecule has 3 aromatic rings. The number of hydrogen-bond donors (Lipinski definition) is 0. The van der Waals surface area contributed by atoms with E-state index in [-0.39, 0.29) is 0 Å². The predicted molar refractivity (Wildman–Crippen MR) is 94.6 cm³/mol. The highest BCUT2D eigenvalue weighted by molar-refractivity contribution is 8.00. The van der Waals surface area contributed by atoms with E-state index >= 15 is 0 Å². The molecule has 0 aliphatic rings. The fraction of sp³-hybridized carbons (Fsp3) is 0.286. The molecule has 0 N–H and O–H groups in total. The van der Waals surface area contributed by atoms with Crippen LogP contribution in [0.4, 0.5) is 0 Å². The van der Waals surface area contributed by atoms with Gasteiger partial charge in [0.15, 0.2) is 24.1 Å². The molecule has 0 unspecified atom stereocenters. The van der Waals surface area contributed by atoms with Crippen LogP contribution in [0.1, 0.15) is 0 Å². The predicted octanol–water partition coefficient (Wildman–Crippen LogP) is 3.03. The molecule has 0 radical (unpaired) electrons. The number of aromatic nitrogens is 4. The Morgan fingerprint density at radius 3 is 1.41 bits per heavy atom. The molecule has 8 heteroatoms. The largest absolute Gasteiger partial charge is 0.324 e. The van der Waals surface area contributed by atoms with Crippen LogP contribution in [0.15, 0.2) is 32.9 Å². The molecule has 0 aliphatic heterocycles. The second kappa shape index (κ2) is 6.66. The van der Waals surface area contributed by atoms with Crippen LogP contribution < -0.4 is 9.36 Å². The third-order valence-corrected chi connectivity index (χ3v) is 7.73. The van der Waals surface area contributed by atoms with E-state index in [0.717, 1.165) is 21.1 Å². The van der Waals surface area contributed by atoms with E-state index in [2.05, 4.69) is 47.0 Å². The highest BCUT2D eigenvalue weighted by atomic mass is 32.2. The molecule has 114 valence electrons. The van der Waals surface area contributed by atoms with Crippen molar-refractivity contribution in [2.75, 3.05) is 12.5 Å². The van der Waals surface area contributed by atoms with Gasteiger partial charge in [-0.2, -0.15) is 0 Å². The first-order chi connectivity index (χ1) is 10.6. The summed E-state index contributed by atoms with van der Waals surface area (Å²) in [5.41, 5.74) is 2.30. The highest BCUT2D eigenvalue weighted by Gasteiger charge is 2.18. The normalized spacial score (nSPS) is 11.1. The van der Waals surface area contributed by atoms with E-state index in [1.165, 1.54) is 8.68 Å². The van der Waals surface area contributed by atoms with E-state index in [9.17, 15) is 0 Å². The Labute approximate surface area is 146 Å². The summed E-state index contributed by atoms with van der Waals surface area (Å²) in [5.74, 6) is 0. The molecule has 3 rings (SSSR count). The number of aryl methyl sites for hydroxylation is 2. The monoisotopic (exact) mass is 368 g/mol. The minimum absolute atomic E-state index is 1.05. The van der Waals surface area contributed by atoms with Gasteiger partial charge in [-0.3, -0.25) is 0 Å². The number of rotatable bonds is 4. The zero-order valence-electron chi connectivity index (χ0n) is 12.7. The van der Waals surface area contributed by atoms with Crippen LogP contribution in [-0.4, -0.2) is 22.7 Å². The van der Waals surface area contributed by atoms with Crippen molar-refractivity contribution in [3.8, 4) is 21.1 Å². The van der Waals surface area contributed by atoms with Crippen LogP contribution in [0, 0.1) is 0 Å². The van der Waals surface area contributed by atoms with Crippen LogP contribution in [0.5, 0.6) is 0 Å². The average molecular weight is 369 g/mol. The Bertz CT molecular complexity index is 725. The first-order valence-electron chi connectivity index (χ1n) is 6.55. The maximum absolute atomic E-state index is 4.58. The lowest BCUT2D eigenvalue weighted by atomic mass is 10.1. The van der Waals surface area contributed by atoms with Crippen molar-refractivity contribution in [1.29, 1.82) is 0 Å². The molecule has 0 atom stereocenters. The van der Waals surface area contributed by atoms with Crippen molar-refractivity contribution >= 4 is 46.2 Å². The molecule has 0 saturated carbocycles. The fourth-order valence-electron chi connectivity index (χ4n) is 2.03. The van der Waals surface area contributed by atoms with Gasteiger partial charge in [0.05, 0.1) is 0 Å². The number of hydrogen-bond acceptors (Lipinski definition) is 6. The van der Waals surface area contributed by atoms with Crippen molar-refractivity contribution < 1.29 is 9.36 Å². The van der Waals surface area contributed by atoms with E-state index in [1.54, 1.807) is 46.2 Å². The maximum atomic E-state index is 4.58. The Balaban J connectivity index is 1.91. The lowest BCUT2D eigenvalue weighted by molar-refractivity contribution is -0.757. The third-order valence-electron chi connectivity index (χ3n) is 3.11. The number of benzene rings is 1. The molecule has 2 aromatic heterocycles. The molecule has 2 heterocycles. The number of thioether (sulfide) groups is 2. The Kier molecular flexibility index (Phi) is 4.82. The van der Waals surface area contributed by atoms with Gasteiger partial charge in [0, 0.05) is 21.3 Å². The second-order valence-electron chi connectivity index (χ2n) is 4.58. The summed E-state index contributed by atoms with van der Waals surface area (Å²) in [5, 5.41) is 11.3. The van der Waals surface area contributed by atoms with Crippen LogP contribution in [0.25, 0.3) is 21.1 Å². The molecule has 4 nitrogen and oxygen atoms in total. The van der Waals surface area contributed by atoms with Gasteiger partial charge in [0.25, 0.3) is 0 Å². The van der Waals surface area contributed by atoms with Gasteiger partial charge < -0.3 is 0 Å². The third kappa shape index (κ3) is 3.05. The molecule has 1 aromatic carbocycles. The Hall–Kier alpha value is -0.960. The Morgan fingerprint density at radius 1 is 0.773 bits per heavy atom. The molecular weight excluding hydrogens is 352 g/mol. The van der Waals surface area contributed by atoms with E-state index in [0.29, 0.717) is 0 Å². The van der Waals surface area contributed by atoms with Gasteiger partial charge in [0.1, 0.15) is 0 Å². The van der Waals surface area contributed by atoms with E-state index in [1.807, 2.05) is 23.5 Å². The van der Waals surface area contributed by atoms with Crippen LogP contribution >= 0.6 is 46.2 Å².